The second-order valence-corrected chi connectivity index (χ2v) is 14.7. The van der Waals surface area contributed by atoms with Crippen LogP contribution >= 0.6 is 11.8 Å². The Labute approximate surface area is 303 Å². The maximum Gasteiger partial charge on any atom is 0.410 e. The largest absolute Gasteiger partial charge is 0.449 e. The molecule has 51 heavy (non-hydrogen) atoms. The van der Waals surface area contributed by atoms with Gasteiger partial charge in [0.25, 0.3) is 0 Å². The Morgan fingerprint density at radius 3 is 2.43 bits per heavy atom. The van der Waals surface area contributed by atoms with Gasteiger partial charge >= 0.3 is 6.09 Å². The molecule has 268 valence electrons. The first kappa shape index (κ1) is 34.9. The van der Waals surface area contributed by atoms with Crippen molar-refractivity contribution in [2.24, 2.45) is 10.9 Å². The molecule has 4 heterocycles. The van der Waals surface area contributed by atoms with E-state index < -0.39 is 17.4 Å². The third-order valence-corrected chi connectivity index (χ3v) is 11.2. The number of hydrogen-bond donors (Lipinski definition) is 1. The third kappa shape index (κ3) is 8.53. The SMILES string of the molecule is Cc1cnc(CN2C(=O)C(c3ccc(NC(=O)[C@@H]4CCCN4C(=O)OCC4CCCCC4)cc3)SC2=Nc2ccc(N3CCOCC3)cc2)cn1. The van der Waals surface area contributed by atoms with Crippen molar-refractivity contribution in [3.63, 3.8) is 0 Å². The second-order valence-electron chi connectivity index (χ2n) is 13.6. The number of aromatic nitrogens is 2. The predicted molar refractivity (Wildman–Crippen MR) is 197 cm³/mol. The Morgan fingerprint density at radius 1 is 0.941 bits per heavy atom. The summed E-state index contributed by atoms with van der Waals surface area (Å²) in [6, 6.07) is 14.8. The molecule has 0 radical (unpaired) electrons. The van der Waals surface area contributed by atoms with Crippen LogP contribution in [0.1, 0.15) is 67.1 Å². The molecule has 4 fully saturated rings. The molecule has 7 rings (SSSR count). The van der Waals surface area contributed by atoms with Crippen molar-refractivity contribution in [3.8, 4) is 0 Å². The van der Waals surface area contributed by atoms with Crippen LogP contribution in [-0.4, -0.2) is 88.3 Å². The Kier molecular flexibility index (Phi) is 11.1. The normalized spacial score (nSPS) is 22.1. The molecule has 3 amide bonds. The lowest BCUT2D eigenvalue weighted by atomic mass is 9.90. The average Bonchev–Trinajstić information content (AvgIpc) is 3.78. The molecular formula is C38H45N7O5S. The number of nitrogens with one attached hydrogen (secondary N) is 1. The van der Waals surface area contributed by atoms with Crippen molar-refractivity contribution in [2.45, 2.75) is 69.7 Å². The molecule has 1 aliphatic carbocycles. The number of carbonyl (C=O) groups is 3. The van der Waals surface area contributed by atoms with Crippen LogP contribution in [0.5, 0.6) is 0 Å². The monoisotopic (exact) mass is 711 g/mol. The number of aliphatic imine (C=N–C) groups is 1. The molecular weight excluding hydrogens is 667 g/mol. The zero-order valence-electron chi connectivity index (χ0n) is 29.0. The fraction of sp³-hybridized carbons (Fsp3) is 0.474. The molecule has 1 aromatic heterocycles. The number of benzene rings is 2. The number of amidine groups is 1. The minimum atomic E-state index is -0.573. The third-order valence-electron chi connectivity index (χ3n) is 9.99. The summed E-state index contributed by atoms with van der Waals surface area (Å²) in [6.07, 6.45) is 10.1. The lowest BCUT2D eigenvalue weighted by Crippen LogP contribution is -2.43. The summed E-state index contributed by atoms with van der Waals surface area (Å²) in [4.78, 5) is 59.5. The minimum absolute atomic E-state index is 0.101. The molecule has 3 aliphatic heterocycles. The van der Waals surface area contributed by atoms with E-state index in [1.165, 1.54) is 31.0 Å². The summed E-state index contributed by atoms with van der Waals surface area (Å²) in [5, 5.41) is 3.04. The number of thioether (sulfide) groups is 1. The van der Waals surface area contributed by atoms with E-state index in [-0.39, 0.29) is 18.4 Å². The van der Waals surface area contributed by atoms with Crippen LogP contribution in [0, 0.1) is 12.8 Å². The maximum absolute atomic E-state index is 14.0. The number of hydrogen-bond acceptors (Lipinski definition) is 10. The van der Waals surface area contributed by atoms with Gasteiger partial charge in [0.05, 0.1) is 49.6 Å². The van der Waals surface area contributed by atoms with Gasteiger partial charge in [0.2, 0.25) is 11.8 Å². The number of carbonyl (C=O) groups excluding carboxylic acids is 3. The molecule has 0 spiro atoms. The summed E-state index contributed by atoms with van der Waals surface area (Å²) in [6.45, 7) is 6.17. The number of ether oxygens (including phenoxy) is 2. The van der Waals surface area contributed by atoms with Crippen molar-refractivity contribution in [3.05, 3.63) is 77.9 Å². The lowest BCUT2D eigenvalue weighted by Gasteiger charge is -2.28. The van der Waals surface area contributed by atoms with Gasteiger partial charge in [-0.25, -0.2) is 9.79 Å². The summed E-state index contributed by atoms with van der Waals surface area (Å²) in [7, 11) is 0. The summed E-state index contributed by atoms with van der Waals surface area (Å²) >= 11 is 1.39. The van der Waals surface area contributed by atoms with Gasteiger partial charge in [-0.2, -0.15) is 0 Å². The van der Waals surface area contributed by atoms with E-state index in [4.69, 9.17) is 14.5 Å². The van der Waals surface area contributed by atoms with Crippen molar-refractivity contribution in [2.75, 3.05) is 49.7 Å². The van der Waals surface area contributed by atoms with E-state index in [2.05, 4.69) is 32.3 Å². The maximum atomic E-state index is 14.0. The fourth-order valence-electron chi connectivity index (χ4n) is 7.08. The van der Waals surface area contributed by atoms with Crippen LogP contribution in [0.3, 0.4) is 0 Å². The highest BCUT2D eigenvalue weighted by molar-refractivity contribution is 8.15. The first-order valence-electron chi connectivity index (χ1n) is 18.0. The van der Waals surface area contributed by atoms with Crippen molar-refractivity contribution < 1.29 is 23.9 Å². The van der Waals surface area contributed by atoms with Crippen molar-refractivity contribution in [1.82, 2.24) is 19.8 Å². The zero-order valence-corrected chi connectivity index (χ0v) is 29.9. The van der Waals surface area contributed by atoms with E-state index in [1.54, 1.807) is 34.3 Å². The molecule has 12 nitrogen and oxygen atoms in total. The molecule has 3 saturated heterocycles. The Balaban J connectivity index is 1.02. The molecule has 3 aromatic rings. The molecule has 1 saturated carbocycles. The molecule has 1 N–H and O–H groups in total. The molecule has 1 unspecified atom stereocenters. The first-order chi connectivity index (χ1) is 24.9. The van der Waals surface area contributed by atoms with E-state index in [0.29, 0.717) is 55.3 Å². The summed E-state index contributed by atoms with van der Waals surface area (Å²) < 4.78 is 11.1. The van der Waals surface area contributed by atoms with Crippen LogP contribution in [0.2, 0.25) is 0 Å². The van der Waals surface area contributed by atoms with Gasteiger partial charge in [-0.05, 0) is 80.5 Å². The number of amides is 3. The number of morpholine rings is 1. The van der Waals surface area contributed by atoms with Gasteiger partial charge in [-0.1, -0.05) is 43.2 Å². The molecule has 0 bridgehead atoms. The van der Waals surface area contributed by atoms with E-state index >= 15 is 0 Å². The van der Waals surface area contributed by atoms with Crippen molar-refractivity contribution in [1.29, 1.82) is 0 Å². The topological polar surface area (TPSA) is 130 Å². The lowest BCUT2D eigenvalue weighted by molar-refractivity contribution is -0.126. The van der Waals surface area contributed by atoms with E-state index in [9.17, 15) is 14.4 Å². The Hall–Kier alpha value is -4.49. The smallest absolute Gasteiger partial charge is 0.410 e. The number of nitrogens with zero attached hydrogens (tertiary/aromatic N) is 6. The van der Waals surface area contributed by atoms with Gasteiger partial charge in [0.1, 0.15) is 11.3 Å². The highest BCUT2D eigenvalue weighted by Crippen LogP contribution is 2.41. The summed E-state index contributed by atoms with van der Waals surface area (Å²) in [5.41, 5.74) is 4.73. The number of rotatable bonds is 9. The van der Waals surface area contributed by atoms with Crippen LogP contribution < -0.4 is 10.2 Å². The molecule has 4 aliphatic rings. The van der Waals surface area contributed by atoms with Gasteiger partial charge < -0.3 is 19.7 Å². The van der Waals surface area contributed by atoms with E-state index in [1.807, 2.05) is 31.2 Å². The highest BCUT2D eigenvalue weighted by Gasteiger charge is 2.40. The first-order valence-corrected chi connectivity index (χ1v) is 18.9. The highest BCUT2D eigenvalue weighted by atomic mass is 32.2. The Bertz CT molecular complexity index is 1710. The molecule has 2 atom stereocenters. The molecule has 2 aromatic carbocycles. The van der Waals surface area contributed by atoms with Gasteiger partial charge in [0, 0.05) is 37.2 Å². The minimum Gasteiger partial charge on any atom is -0.449 e. The number of anilines is 2. The average molecular weight is 712 g/mol. The number of likely N-dealkylation sites (tertiary alicyclic amines) is 1. The van der Waals surface area contributed by atoms with Crippen LogP contribution in [-0.2, 0) is 25.6 Å². The van der Waals surface area contributed by atoms with E-state index in [0.717, 1.165) is 55.0 Å². The van der Waals surface area contributed by atoms with Gasteiger partial charge in [-0.15, -0.1) is 0 Å². The van der Waals surface area contributed by atoms with Crippen LogP contribution in [0.25, 0.3) is 0 Å². The number of aryl methyl sites for hydroxylation is 1. The second kappa shape index (κ2) is 16.2. The standard InChI is InChI=1S/C38H45N7O5S/c1-26-22-40-31(23-39-26)24-45-36(47)34(51-37(45)42-30-13-15-32(16-14-30)43-18-20-49-21-19-43)28-9-11-29(12-10-28)41-35(46)33-8-5-17-44(33)38(48)50-25-27-6-3-2-4-7-27/h9-16,22-23,27,33-34H,2-8,17-21,24-25H2,1H3,(H,41,46)/t33-,34?/m0/s1. The van der Waals surface area contributed by atoms with Crippen LogP contribution in [0.15, 0.2) is 65.9 Å². The zero-order chi connectivity index (χ0) is 35.2. The predicted octanol–water partition coefficient (Wildman–Crippen LogP) is 6.25. The van der Waals surface area contributed by atoms with Gasteiger partial charge in [-0.3, -0.25) is 29.4 Å². The van der Waals surface area contributed by atoms with Crippen molar-refractivity contribution >= 4 is 51.9 Å². The quantitative estimate of drug-likeness (QED) is 0.274. The summed E-state index contributed by atoms with van der Waals surface area (Å²) in [5.74, 6) is 0.0793. The fourth-order valence-corrected chi connectivity index (χ4v) is 8.25. The van der Waals surface area contributed by atoms with Gasteiger partial charge in [0.15, 0.2) is 5.17 Å². The molecule has 13 heteroatoms. The van der Waals surface area contributed by atoms with Crippen LogP contribution in [0.4, 0.5) is 21.9 Å². The Morgan fingerprint density at radius 2 is 1.71 bits per heavy atom.